The molecule has 0 radical (unpaired) electrons. The summed E-state index contributed by atoms with van der Waals surface area (Å²) in [5, 5.41) is 0. The summed E-state index contributed by atoms with van der Waals surface area (Å²) >= 11 is 1.52. The highest BCUT2D eigenvalue weighted by molar-refractivity contribution is 7.13. The van der Waals surface area contributed by atoms with Crippen LogP contribution in [0.1, 0.15) is 37.0 Å². The number of thiazole rings is 1. The zero-order valence-corrected chi connectivity index (χ0v) is 11.4. The normalized spacial score (nSPS) is 11.5. The van der Waals surface area contributed by atoms with Gasteiger partial charge in [0.05, 0.1) is 10.4 Å². The number of rotatable bonds is 2. The van der Waals surface area contributed by atoms with E-state index in [1.54, 1.807) is 17.8 Å². The molecule has 0 aromatic carbocycles. The van der Waals surface area contributed by atoms with E-state index in [-0.39, 0.29) is 5.41 Å². The molecule has 0 atom stereocenters. The van der Waals surface area contributed by atoms with Crippen LogP contribution in [-0.4, -0.2) is 15.9 Å². The van der Waals surface area contributed by atoms with Gasteiger partial charge in [0.1, 0.15) is 5.69 Å². The first-order valence-electron chi connectivity index (χ1n) is 5.59. The molecule has 2 aromatic rings. The minimum atomic E-state index is -0.508. The third-order valence-corrected chi connectivity index (χ3v) is 3.39. The van der Waals surface area contributed by atoms with Gasteiger partial charge in [-0.2, -0.15) is 0 Å². The van der Waals surface area contributed by atoms with Gasteiger partial charge in [0.2, 0.25) is 0 Å². The van der Waals surface area contributed by atoms with E-state index in [0.29, 0.717) is 5.69 Å². The van der Waals surface area contributed by atoms with Crippen LogP contribution in [0.4, 0.5) is 0 Å². The summed E-state index contributed by atoms with van der Waals surface area (Å²) in [4.78, 5) is 20.7. The molecule has 0 aliphatic heterocycles. The van der Waals surface area contributed by atoms with Crippen molar-refractivity contribution in [3.63, 3.8) is 0 Å². The number of nitrogens with two attached hydrogens (primary N) is 1. The SMILES string of the molecule is CC(C)(C)c1cc(-c2cncs2)cc(C(N)=O)n1. The van der Waals surface area contributed by atoms with Crippen LogP contribution >= 0.6 is 11.3 Å². The quantitative estimate of drug-likeness (QED) is 0.903. The lowest BCUT2D eigenvalue weighted by Crippen LogP contribution is -2.19. The maximum absolute atomic E-state index is 11.3. The molecule has 0 spiro atoms. The molecule has 2 N–H and O–H groups in total. The summed E-state index contributed by atoms with van der Waals surface area (Å²) in [6.07, 6.45) is 1.78. The van der Waals surface area contributed by atoms with Gasteiger partial charge in [-0.1, -0.05) is 20.8 Å². The molecule has 2 rings (SSSR count). The number of nitrogens with zero attached hydrogens (tertiary/aromatic N) is 2. The van der Waals surface area contributed by atoms with E-state index in [1.807, 2.05) is 6.07 Å². The number of carbonyl (C=O) groups is 1. The number of pyridine rings is 1. The number of amides is 1. The summed E-state index contributed by atoms with van der Waals surface area (Å²) < 4.78 is 0. The van der Waals surface area contributed by atoms with Gasteiger partial charge in [0, 0.05) is 17.3 Å². The standard InChI is InChI=1S/C13H15N3OS/c1-13(2,3)11-5-8(10-6-15-7-18-10)4-9(16-11)12(14)17/h4-7H,1-3H3,(H2,14,17). The zero-order valence-electron chi connectivity index (χ0n) is 10.6. The topological polar surface area (TPSA) is 68.9 Å². The molecule has 0 bridgehead atoms. The molecule has 0 unspecified atom stereocenters. The minimum absolute atomic E-state index is 0.134. The molecule has 0 aliphatic rings. The molecule has 0 fully saturated rings. The Kier molecular flexibility index (Phi) is 3.17. The van der Waals surface area contributed by atoms with Crippen LogP contribution in [0.5, 0.6) is 0 Å². The van der Waals surface area contributed by atoms with Crippen LogP contribution in [0, 0.1) is 0 Å². The Morgan fingerprint density at radius 3 is 2.56 bits per heavy atom. The summed E-state index contributed by atoms with van der Waals surface area (Å²) in [6, 6.07) is 3.70. The second-order valence-corrected chi connectivity index (χ2v) is 5.99. The lowest BCUT2D eigenvalue weighted by atomic mass is 9.90. The van der Waals surface area contributed by atoms with Crippen LogP contribution in [0.2, 0.25) is 0 Å². The molecular weight excluding hydrogens is 246 g/mol. The van der Waals surface area contributed by atoms with Crippen molar-refractivity contribution < 1.29 is 4.79 Å². The molecule has 0 aliphatic carbocycles. The van der Waals surface area contributed by atoms with E-state index in [9.17, 15) is 4.79 Å². The largest absolute Gasteiger partial charge is 0.364 e. The van der Waals surface area contributed by atoms with Gasteiger partial charge in [0.25, 0.3) is 5.91 Å². The number of primary amides is 1. The van der Waals surface area contributed by atoms with Gasteiger partial charge in [-0.15, -0.1) is 11.3 Å². The van der Waals surface area contributed by atoms with Crippen molar-refractivity contribution in [2.75, 3.05) is 0 Å². The van der Waals surface area contributed by atoms with Crippen molar-refractivity contribution in [3.8, 4) is 10.4 Å². The Bertz CT molecular complexity index is 570. The lowest BCUT2D eigenvalue weighted by molar-refractivity contribution is 0.0995. The third kappa shape index (κ3) is 2.56. The van der Waals surface area contributed by atoms with Crippen molar-refractivity contribution in [2.24, 2.45) is 5.73 Å². The lowest BCUT2D eigenvalue weighted by Gasteiger charge is -2.19. The fourth-order valence-corrected chi connectivity index (χ4v) is 2.15. The Hall–Kier alpha value is -1.75. The van der Waals surface area contributed by atoms with Crippen molar-refractivity contribution in [3.05, 3.63) is 35.2 Å². The van der Waals surface area contributed by atoms with Crippen molar-refractivity contribution >= 4 is 17.2 Å². The van der Waals surface area contributed by atoms with E-state index in [4.69, 9.17) is 5.73 Å². The predicted molar refractivity (Wildman–Crippen MR) is 72.6 cm³/mol. The minimum Gasteiger partial charge on any atom is -0.364 e. The average molecular weight is 261 g/mol. The highest BCUT2D eigenvalue weighted by Crippen LogP contribution is 2.28. The molecule has 4 nitrogen and oxygen atoms in total. The fraction of sp³-hybridized carbons (Fsp3) is 0.308. The van der Waals surface area contributed by atoms with Crippen LogP contribution in [0.3, 0.4) is 0 Å². The maximum Gasteiger partial charge on any atom is 0.267 e. The summed E-state index contributed by atoms with van der Waals surface area (Å²) in [5.74, 6) is -0.508. The molecule has 5 heteroatoms. The summed E-state index contributed by atoms with van der Waals surface area (Å²) in [6.45, 7) is 6.16. The zero-order chi connectivity index (χ0) is 13.3. The highest BCUT2D eigenvalue weighted by Gasteiger charge is 2.19. The maximum atomic E-state index is 11.3. The fourth-order valence-electron chi connectivity index (χ4n) is 1.54. The first-order chi connectivity index (χ1) is 8.38. The molecule has 18 heavy (non-hydrogen) atoms. The van der Waals surface area contributed by atoms with Crippen molar-refractivity contribution in [1.29, 1.82) is 0 Å². The summed E-state index contributed by atoms with van der Waals surface area (Å²) in [7, 11) is 0. The monoisotopic (exact) mass is 261 g/mol. The van der Waals surface area contributed by atoms with Crippen molar-refractivity contribution in [2.45, 2.75) is 26.2 Å². The van der Waals surface area contributed by atoms with Gasteiger partial charge in [-0.3, -0.25) is 9.78 Å². The van der Waals surface area contributed by atoms with Crippen LogP contribution in [0.15, 0.2) is 23.8 Å². The van der Waals surface area contributed by atoms with E-state index in [1.165, 1.54) is 11.3 Å². The van der Waals surface area contributed by atoms with Gasteiger partial charge in [0.15, 0.2) is 0 Å². The van der Waals surface area contributed by atoms with Crippen LogP contribution < -0.4 is 5.73 Å². The van der Waals surface area contributed by atoms with Gasteiger partial charge in [-0.25, -0.2) is 4.98 Å². The number of aromatic nitrogens is 2. The molecule has 0 saturated carbocycles. The Labute approximate surface area is 110 Å². The number of carbonyl (C=O) groups excluding carboxylic acids is 1. The van der Waals surface area contributed by atoms with Crippen LogP contribution in [-0.2, 0) is 5.41 Å². The highest BCUT2D eigenvalue weighted by atomic mass is 32.1. The molecule has 2 aromatic heterocycles. The van der Waals surface area contributed by atoms with E-state index in [2.05, 4.69) is 30.7 Å². The first-order valence-corrected chi connectivity index (χ1v) is 6.47. The second kappa shape index (κ2) is 4.49. The predicted octanol–water partition coefficient (Wildman–Crippen LogP) is 2.60. The van der Waals surface area contributed by atoms with Gasteiger partial charge in [-0.05, 0) is 17.7 Å². The third-order valence-electron chi connectivity index (χ3n) is 2.56. The number of hydrogen-bond donors (Lipinski definition) is 1. The Balaban J connectivity index is 2.61. The van der Waals surface area contributed by atoms with Crippen LogP contribution in [0.25, 0.3) is 10.4 Å². The summed E-state index contributed by atoms with van der Waals surface area (Å²) in [5.41, 5.74) is 9.04. The average Bonchev–Trinajstić information content (AvgIpc) is 2.80. The molecule has 0 saturated heterocycles. The van der Waals surface area contributed by atoms with E-state index >= 15 is 0 Å². The number of hydrogen-bond acceptors (Lipinski definition) is 4. The molecule has 1 amide bonds. The van der Waals surface area contributed by atoms with E-state index in [0.717, 1.165) is 16.1 Å². The van der Waals surface area contributed by atoms with Crippen molar-refractivity contribution in [1.82, 2.24) is 9.97 Å². The molecule has 94 valence electrons. The smallest absolute Gasteiger partial charge is 0.267 e. The molecule has 2 heterocycles. The Morgan fingerprint density at radius 1 is 1.33 bits per heavy atom. The van der Waals surface area contributed by atoms with E-state index < -0.39 is 5.91 Å². The first kappa shape index (κ1) is 12.7. The van der Waals surface area contributed by atoms with Gasteiger partial charge < -0.3 is 5.73 Å². The van der Waals surface area contributed by atoms with Gasteiger partial charge >= 0.3 is 0 Å². The molecular formula is C13H15N3OS. The second-order valence-electron chi connectivity index (χ2n) is 5.11. The Morgan fingerprint density at radius 2 is 2.06 bits per heavy atom.